The number of oxazole rings is 1. The molecule has 0 bridgehead atoms. The first-order valence-electron chi connectivity index (χ1n) is 7.89. The first-order chi connectivity index (χ1) is 11.5. The fourth-order valence-corrected chi connectivity index (χ4v) is 2.64. The normalized spacial score (nSPS) is 11.0. The Morgan fingerprint density at radius 1 is 1.12 bits per heavy atom. The van der Waals surface area contributed by atoms with E-state index in [9.17, 15) is 9.59 Å². The van der Waals surface area contributed by atoms with Crippen molar-refractivity contribution in [1.29, 1.82) is 0 Å². The average molecular weight is 324 g/mol. The molecule has 1 heterocycles. The van der Waals surface area contributed by atoms with Crippen molar-refractivity contribution in [2.24, 2.45) is 7.05 Å². The van der Waals surface area contributed by atoms with Gasteiger partial charge in [-0.2, -0.15) is 0 Å². The molecule has 5 nitrogen and oxygen atoms in total. The number of hydrogen-bond donors (Lipinski definition) is 1. The molecule has 0 aliphatic heterocycles. The molecule has 1 aromatic heterocycles. The highest BCUT2D eigenvalue weighted by Gasteiger charge is 2.08. The van der Waals surface area contributed by atoms with E-state index in [0.717, 1.165) is 16.6 Å². The first-order valence-corrected chi connectivity index (χ1v) is 7.89. The van der Waals surface area contributed by atoms with E-state index in [4.69, 9.17) is 4.42 Å². The lowest BCUT2D eigenvalue weighted by atomic mass is 10.1. The van der Waals surface area contributed by atoms with Crippen molar-refractivity contribution < 1.29 is 9.21 Å². The summed E-state index contributed by atoms with van der Waals surface area (Å²) in [5, 5.41) is 2.92. The quantitative estimate of drug-likeness (QED) is 0.802. The van der Waals surface area contributed by atoms with Gasteiger partial charge in [0.15, 0.2) is 5.58 Å². The maximum Gasteiger partial charge on any atom is 0.419 e. The molecule has 124 valence electrons. The minimum atomic E-state index is -0.370. The summed E-state index contributed by atoms with van der Waals surface area (Å²) in [4.78, 5) is 23.7. The molecular weight excluding hydrogens is 304 g/mol. The summed E-state index contributed by atoms with van der Waals surface area (Å²) in [6.07, 6.45) is 0.672. The summed E-state index contributed by atoms with van der Waals surface area (Å²) in [6, 6.07) is 11.3. The number of benzene rings is 2. The van der Waals surface area contributed by atoms with Gasteiger partial charge in [-0.15, -0.1) is 0 Å². The van der Waals surface area contributed by atoms with Crippen LogP contribution in [0.4, 0.5) is 0 Å². The molecule has 0 saturated carbocycles. The van der Waals surface area contributed by atoms with Crippen molar-refractivity contribution in [1.82, 2.24) is 9.88 Å². The van der Waals surface area contributed by atoms with Crippen LogP contribution in [-0.2, 0) is 13.5 Å². The number of carbonyl (C=O) groups is 1. The van der Waals surface area contributed by atoms with Crippen LogP contribution in [0.25, 0.3) is 11.1 Å². The van der Waals surface area contributed by atoms with Gasteiger partial charge in [0.2, 0.25) is 0 Å². The van der Waals surface area contributed by atoms with E-state index in [1.54, 1.807) is 7.05 Å². The third kappa shape index (κ3) is 3.11. The highest BCUT2D eigenvalue weighted by atomic mass is 16.4. The molecule has 0 fully saturated rings. The van der Waals surface area contributed by atoms with Gasteiger partial charge in [-0.1, -0.05) is 12.1 Å². The minimum absolute atomic E-state index is 0.0783. The topological polar surface area (TPSA) is 64.2 Å². The van der Waals surface area contributed by atoms with Crippen molar-refractivity contribution >= 4 is 17.0 Å². The lowest BCUT2D eigenvalue weighted by molar-refractivity contribution is 0.0954. The van der Waals surface area contributed by atoms with Crippen LogP contribution in [0.2, 0.25) is 0 Å². The lowest BCUT2D eigenvalue weighted by Crippen LogP contribution is -2.25. The molecule has 0 radical (unpaired) electrons. The minimum Gasteiger partial charge on any atom is -0.408 e. The van der Waals surface area contributed by atoms with E-state index in [-0.39, 0.29) is 11.7 Å². The number of rotatable bonds is 4. The Labute approximate surface area is 139 Å². The van der Waals surface area contributed by atoms with Crippen LogP contribution < -0.4 is 11.1 Å². The van der Waals surface area contributed by atoms with Crippen LogP contribution in [0.15, 0.2) is 45.6 Å². The van der Waals surface area contributed by atoms with Gasteiger partial charge in [-0.3, -0.25) is 9.36 Å². The Morgan fingerprint density at radius 2 is 1.92 bits per heavy atom. The van der Waals surface area contributed by atoms with Gasteiger partial charge in [-0.25, -0.2) is 4.79 Å². The molecule has 3 rings (SSSR count). The van der Waals surface area contributed by atoms with Gasteiger partial charge >= 0.3 is 5.76 Å². The summed E-state index contributed by atoms with van der Waals surface area (Å²) < 4.78 is 6.65. The molecule has 0 aliphatic rings. The largest absolute Gasteiger partial charge is 0.419 e. The zero-order valence-corrected chi connectivity index (χ0v) is 14.1. The van der Waals surface area contributed by atoms with Gasteiger partial charge in [0.25, 0.3) is 5.91 Å². The molecule has 24 heavy (non-hydrogen) atoms. The van der Waals surface area contributed by atoms with Crippen LogP contribution in [0.1, 0.15) is 27.0 Å². The smallest absolute Gasteiger partial charge is 0.408 e. The number of carbonyl (C=O) groups excluding carboxylic acids is 1. The Morgan fingerprint density at radius 3 is 2.67 bits per heavy atom. The standard InChI is InChI=1S/C19H20N2O3/c1-12-4-6-15(10-13(12)2)18(22)20-9-8-14-5-7-16-17(11-14)24-19(23)21(16)3/h4-7,10-11H,8-9H2,1-3H3,(H,20,22). The molecule has 3 aromatic rings. The first kappa shape index (κ1) is 16.1. The Balaban J connectivity index is 1.64. The van der Waals surface area contributed by atoms with E-state index in [0.29, 0.717) is 24.1 Å². The summed E-state index contributed by atoms with van der Waals surface area (Å²) in [5.74, 6) is -0.449. The number of amides is 1. The maximum atomic E-state index is 12.2. The Hall–Kier alpha value is -2.82. The molecular formula is C19H20N2O3. The predicted octanol–water partition coefficient (Wildman–Crippen LogP) is 2.72. The van der Waals surface area contributed by atoms with Crippen LogP contribution in [-0.4, -0.2) is 17.0 Å². The fourth-order valence-electron chi connectivity index (χ4n) is 2.64. The highest BCUT2D eigenvalue weighted by molar-refractivity contribution is 5.94. The van der Waals surface area contributed by atoms with Crippen molar-refractivity contribution in [3.8, 4) is 0 Å². The van der Waals surface area contributed by atoms with Crippen molar-refractivity contribution in [2.45, 2.75) is 20.3 Å². The van der Waals surface area contributed by atoms with Crippen molar-refractivity contribution in [3.05, 3.63) is 69.2 Å². The van der Waals surface area contributed by atoms with Gasteiger partial charge < -0.3 is 9.73 Å². The summed E-state index contributed by atoms with van der Waals surface area (Å²) in [5.41, 5.74) is 5.29. The number of fused-ring (bicyclic) bond motifs is 1. The summed E-state index contributed by atoms with van der Waals surface area (Å²) >= 11 is 0. The van der Waals surface area contributed by atoms with Crippen LogP contribution in [0, 0.1) is 13.8 Å². The van der Waals surface area contributed by atoms with Crippen LogP contribution >= 0.6 is 0 Å². The summed E-state index contributed by atoms with van der Waals surface area (Å²) in [6.45, 7) is 4.54. The zero-order chi connectivity index (χ0) is 17.3. The molecule has 1 N–H and O–H groups in total. The van der Waals surface area contributed by atoms with Gasteiger partial charge in [-0.05, 0) is 61.2 Å². The van der Waals surface area contributed by atoms with Crippen LogP contribution in [0.3, 0.4) is 0 Å². The van der Waals surface area contributed by atoms with E-state index < -0.39 is 0 Å². The molecule has 0 spiro atoms. The number of hydrogen-bond acceptors (Lipinski definition) is 3. The number of nitrogens with zero attached hydrogens (tertiary/aromatic N) is 1. The fraction of sp³-hybridized carbons (Fsp3) is 0.263. The van der Waals surface area contributed by atoms with E-state index in [1.165, 1.54) is 10.1 Å². The molecule has 0 atom stereocenters. The number of nitrogens with one attached hydrogen (secondary N) is 1. The second-order valence-corrected chi connectivity index (χ2v) is 6.03. The number of aromatic nitrogens is 1. The predicted molar refractivity (Wildman–Crippen MR) is 93.4 cm³/mol. The molecule has 0 unspecified atom stereocenters. The second-order valence-electron chi connectivity index (χ2n) is 6.03. The maximum absolute atomic E-state index is 12.2. The molecule has 2 aromatic carbocycles. The third-order valence-corrected chi connectivity index (χ3v) is 4.33. The van der Waals surface area contributed by atoms with Crippen molar-refractivity contribution in [3.63, 3.8) is 0 Å². The average Bonchev–Trinajstić information content (AvgIpc) is 2.84. The van der Waals surface area contributed by atoms with Crippen LogP contribution in [0.5, 0.6) is 0 Å². The second kappa shape index (κ2) is 6.35. The molecule has 5 heteroatoms. The lowest BCUT2D eigenvalue weighted by Gasteiger charge is -2.07. The molecule has 0 aliphatic carbocycles. The van der Waals surface area contributed by atoms with Gasteiger partial charge in [0, 0.05) is 19.2 Å². The number of aryl methyl sites for hydroxylation is 3. The molecule has 0 saturated heterocycles. The van der Waals surface area contributed by atoms with Crippen molar-refractivity contribution in [2.75, 3.05) is 6.54 Å². The van der Waals surface area contributed by atoms with Gasteiger partial charge in [0.05, 0.1) is 5.52 Å². The SMILES string of the molecule is Cc1ccc(C(=O)NCCc2ccc3c(c2)oc(=O)n3C)cc1C. The third-order valence-electron chi connectivity index (χ3n) is 4.33. The zero-order valence-electron chi connectivity index (χ0n) is 14.1. The molecule has 1 amide bonds. The van der Waals surface area contributed by atoms with E-state index >= 15 is 0 Å². The van der Waals surface area contributed by atoms with Gasteiger partial charge in [0.1, 0.15) is 0 Å². The van der Waals surface area contributed by atoms with E-state index in [1.807, 2.05) is 50.2 Å². The highest BCUT2D eigenvalue weighted by Crippen LogP contribution is 2.14. The Bertz CT molecular complexity index is 966. The monoisotopic (exact) mass is 324 g/mol. The Kier molecular flexibility index (Phi) is 4.25. The summed E-state index contributed by atoms with van der Waals surface area (Å²) in [7, 11) is 1.68. The van der Waals surface area contributed by atoms with E-state index in [2.05, 4.69) is 5.32 Å².